The molecule has 0 saturated heterocycles. The van der Waals surface area contributed by atoms with E-state index in [1.54, 1.807) is 6.07 Å². The highest BCUT2D eigenvalue weighted by molar-refractivity contribution is 7.95. The van der Waals surface area contributed by atoms with Crippen LogP contribution in [0.5, 0.6) is 11.5 Å². The second-order valence-corrected chi connectivity index (χ2v) is 7.71. The Morgan fingerprint density at radius 2 is 1.75 bits per heavy atom. The maximum atomic E-state index is 12.6. The molecule has 0 amide bonds. The molecule has 0 saturated carbocycles. The maximum Gasteiger partial charge on any atom is 0.218 e. The Bertz CT molecular complexity index is 971. The van der Waals surface area contributed by atoms with Crippen LogP contribution >= 0.6 is 34.8 Å². The number of phenols is 2. The van der Waals surface area contributed by atoms with Crippen molar-refractivity contribution in [1.29, 1.82) is 5.26 Å². The van der Waals surface area contributed by atoms with Gasteiger partial charge in [-0.1, -0.05) is 34.8 Å². The van der Waals surface area contributed by atoms with Crippen molar-refractivity contribution in [2.24, 2.45) is 0 Å². The molecule has 5 nitrogen and oxygen atoms in total. The summed E-state index contributed by atoms with van der Waals surface area (Å²) in [5.41, 5.74) is 0.105. The molecular formula is C15H8Cl3NO4S. The van der Waals surface area contributed by atoms with Gasteiger partial charge in [0.1, 0.15) is 11.0 Å². The highest BCUT2D eigenvalue weighted by Gasteiger charge is 2.24. The van der Waals surface area contributed by atoms with Gasteiger partial charge in [-0.3, -0.25) is 0 Å². The van der Waals surface area contributed by atoms with E-state index in [-0.39, 0.29) is 25.5 Å². The van der Waals surface area contributed by atoms with Crippen molar-refractivity contribution in [3.8, 4) is 17.6 Å². The SMILES string of the molecule is N#C/C(=C\c1cc(O)c(O)c(Cl)c1)S(=O)(=O)c1cc(Cl)ccc1Cl. The van der Waals surface area contributed by atoms with Gasteiger partial charge in [-0.05, 0) is 42.0 Å². The average Bonchev–Trinajstić information content (AvgIpc) is 2.52. The molecular weight excluding hydrogens is 397 g/mol. The smallest absolute Gasteiger partial charge is 0.218 e. The molecule has 124 valence electrons. The fourth-order valence-corrected chi connectivity index (χ4v) is 3.95. The Kier molecular flexibility index (Phi) is 5.31. The minimum Gasteiger partial charge on any atom is -0.504 e. The van der Waals surface area contributed by atoms with E-state index in [2.05, 4.69) is 0 Å². The van der Waals surface area contributed by atoms with Crippen LogP contribution < -0.4 is 0 Å². The van der Waals surface area contributed by atoms with Gasteiger partial charge in [-0.25, -0.2) is 8.42 Å². The number of aromatic hydroxyl groups is 2. The molecule has 9 heteroatoms. The van der Waals surface area contributed by atoms with Gasteiger partial charge in [0.15, 0.2) is 11.5 Å². The lowest BCUT2D eigenvalue weighted by atomic mass is 10.2. The summed E-state index contributed by atoms with van der Waals surface area (Å²) in [7, 11) is -4.24. The van der Waals surface area contributed by atoms with E-state index in [0.29, 0.717) is 0 Å². The molecule has 0 aliphatic heterocycles. The number of nitriles is 1. The van der Waals surface area contributed by atoms with Crippen molar-refractivity contribution in [2.45, 2.75) is 4.90 Å². The maximum absolute atomic E-state index is 12.6. The number of sulfone groups is 1. The Morgan fingerprint density at radius 3 is 2.33 bits per heavy atom. The molecule has 0 aromatic heterocycles. The van der Waals surface area contributed by atoms with Gasteiger partial charge >= 0.3 is 0 Å². The zero-order valence-corrected chi connectivity index (χ0v) is 14.7. The number of benzene rings is 2. The van der Waals surface area contributed by atoms with Crippen molar-refractivity contribution in [1.82, 2.24) is 0 Å². The molecule has 0 atom stereocenters. The third-order valence-corrected chi connectivity index (χ3v) is 5.62. The number of hydrogen-bond acceptors (Lipinski definition) is 5. The number of rotatable bonds is 3. The van der Waals surface area contributed by atoms with E-state index in [1.807, 2.05) is 0 Å². The molecule has 0 bridgehead atoms. The van der Waals surface area contributed by atoms with Gasteiger partial charge in [0.25, 0.3) is 0 Å². The lowest BCUT2D eigenvalue weighted by Crippen LogP contribution is -2.04. The fourth-order valence-electron chi connectivity index (χ4n) is 1.81. The summed E-state index contributed by atoms with van der Waals surface area (Å²) in [4.78, 5) is -0.952. The van der Waals surface area contributed by atoms with Gasteiger partial charge in [0, 0.05) is 5.02 Å². The molecule has 0 radical (unpaired) electrons. The summed E-state index contributed by atoms with van der Waals surface area (Å²) in [6, 6.07) is 7.68. The number of hydrogen-bond donors (Lipinski definition) is 2. The monoisotopic (exact) mass is 403 g/mol. The number of phenolic OH excluding ortho intramolecular Hbond substituents is 2. The van der Waals surface area contributed by atoms with Crippen molar-refractivity contribution in [3.05, 3.63) is 55.9 Å². The Hall–Kier alpha value is -1.91. The Balaban J connectivity index is 2.63. The summed E-state index contributed by atoms with van der Waals surface area (Å²) in [5, 5.41) is 28.0. The van der Waals surface area contributed by atoms with Gasteiger partial charge in [0.2, 0.25) is 9.84 Å². The zero-order chi connectivity index (χ0) is 18.1. The molecule has 2 aromatic rings. The summed E-state index contributed by atoms with van der Waals surface area (Å²) in [6.45, 7) is 0. The van der Waals surface area contributed by atoms with Crippen LogP contribution in [0.2, 0.25) is 15.1 Å². The van der Waals surface area contributed by atoms with E-state index in [1.165, 1.54) is 18.2 Å². The third-order valence-electron chi connectivity index (χ3n) is 2.95. The fraction of sp³-hybridized carbons (Fsp3) is 0. The lowest BCUT2D eigenvalue weighted by molar-refractivity contribution is 0.404. The second-order valence-electron chi connectivity index (χ2n) is 4.57. The number of allylic oxidation sites excluding steroid dienone is 1. The van der Waals surface area contributed by atoms with Crippen molar-refractivity contribution in [3.63, 3.8) is 0 Å². The predicted molar refractivity (Wildman–Crippen MR) is 92.0 cm³/mol. The van der Waals surface area contributed by atoms with Crippen molar-refractivity contribution < 1.29 is 18.6 Å². The molecule has 0 aliphatic rings. The van der Waals surface area contributed by atoms with Crippen LogP contribution in [0.3, 0.4) is 0 Å². The molecule has 0 aliphatic carbocycles. The van der Waals surface area contributed by atoms with E-state index >= 15 is 0 Å². The van der Waals surface area contributed by atoms with E-state index < -0.39 is 26.2 Å². The molecule has 2 rings (SSSR count). The van der Waals surface area contributed by atoms with Gasteiger partial charge in [-0.2, -0.15) is 5.26 Å². The topological polar surface area (TPSA) is 98.4 Å². The summed E-state index contributed by atoms with van der Waals surface area (Å²) in [6.07, 6.45) is 0.998. The molecule has 0 unspecified atom stereocenters. The number of nitrogens with zero attached hydrogens (tertiary/aromatic N) is 1. The van der Waals surface area contributed by atoms with Crippen LogP contribution in [0.1, 0.15) is 5.56 Å². The van der Waals surface area contributed by atoms with Gasteiger partial charge in [0.05, 0.1) is 14.9 Å². The third kappa shape index (κ3) is 3.60. The molecule has 0 heterocycles. The van der Waals surface area contributed by atoms with Crippen LogP contribution in [0.15, 0.2) is 40.1 Å². The summed E-state index contributed by atoms with van der Waals surface area (Å²) >= 11 is 17.4. The highest BCUT2D eigenvalue weighted by atomic mass is 35.5. The van der Waals surface area contributed by atoms with Crippen LogP contribution in [-0.2, 0) is 9.84 Å². The first-order valence-corrected chi connectivity index (χ1v) is 8.82. The quantitative estimate of drug-likeness (QED) is 0.583. The van der Waals surface area contributed by atoms with Crippen LogP contribution in [0, 0.1) is 11.3 Å². The molecule has 0 fully saturated rings. The molecule has 0 spiro atoms. The lowest BCUT2D eigenvalue weighted by Gasteiger charge is -2.07. The average molecular weight is 405 g/mol. The zero-order valence-electron chi connectivity index (χ0n) is 11.7. The van der Waals surface area contributed by atoms with Gasteiger partial charge < -0.3 is 10.2 Å². The standard InChI is InChI=1S/C15H8Cl3NO4S/c16-9-1-2-11(17)14(6-9)24(22,23)10(7-19)3-8-4-12(18)15(21)13(20)5-8/h1-6,20-21H/b10-3+. The highest BCUT2D eigenvalue weighted by Crippen LogP contribution is 2.36. The summed E-state index contributed by atoms with van der Waals surface area (Å²) < 4.78 is 25.2. The molecule has 2 aromatic carbocycles. The minimum atomic E-state index is -4.24. The van der Waals surface area contributed by atoms with E-state index in [0.717, 1.165) is 18.2 Å². The molecule has 2 N–H and O–H groups in total. The first-order valence-electron chi connectivity index (χ1n) is 6.20. The normalized spacial score (nSPS) is 12.0. The second kappa shape index (κ2) is 6.91. The largest absolute Gasteiger partial charge is 0.504 e. The van der Waals surface area contributed by atoms with Gasteiger partial charge in [-0.15, -0.1) is 0 Å². The predicted octanol–water partition coefficient (Wildman–Crippen LogP) is 4.40. The van der Waals surface area contributed by atoms with E-state index in [9.17, 15) is 23.9 Å². The Morgan fingerprint density at radius 1 is 1.08 bits per heavy atom. The Labute approximate surface area is 152 Å². The first kappa shape index (κ1) is 18.4. The van der Waals surface area contributed by atoms with Crippen molar-refractivity contribution >= 4 is 50.7 Å². The number of halogens is 3. The first-order chi connectivity index (χ1) is 11.2. The van der Waals surface area contributed by atoms with Crippen LogP contribution in [0.4, 0.5) is 0 Å². The van der Waals surface area contributed by atoms with E-state index in [4.69, 9.17) is 34.8 Å². The molecule has 24 heavy (non-hydrogen) atoms. The van der Waals surface area contributed by atoms with Crippen LogP contribution in [0.25, 0.3) is 6.08 Å². The minimum absolute atomic E-state index is 0.0906. The van der Waals surface area contributed by atoms with Crippen LogP contribution in [-0.4, -0.2) is 18.6 Å². The van der Waals surface area contributed by atoms with Crippen molar-refractivity contribution in [2.75, 3.05) is 0 Å². The summed E-state index contributed by atoms with van der Waals surface area (Å²) in [5.74, 6) is -1.10.